The summed E-state index contributed by atoms with van der Waals surface area (Å²) in [5.74, 6) is -0.952. The first-order valence-corrected chi connectivity index (χ1v) is 9.02. The molecule has 7 heteroatoms. The molecule has 0 aliphatic carbocycles. The number of nitrogens with zero attached hydrogens (tertiary/aromatic N) is 1. The summed E-state index contributed by atoms with van der Waals surface area (Å²) in [6, 6.07) is 13.0. The Morgan fingerprint density at radius 1 is 1.15 bits per heavy atom. The zero-order valence-corrected chi connectivity index (χ0v) is 15.6. The second-order valence-electron chi connectivity index (χ2n) is 6.43. The number of halogens is 1. The number of aryl methyl sites for hydroxylation is 1. The molecule has 140 valence electrons. The number of benzene rings is 2. The minimum absolute atomic E-state index is 0.112. The van der Waals surface area contributed by atoms with Crippen LogP contribution in [0.15, 0.2) is 48.5 Å². The van der Waals surface area contributed by atoms with Crippen LogP contribution in [0, 0.1) is 6.92 Å². The molecule has 27 heavy (non-hydrogen) atoms. The zero-order chi connectivity index (χ0) is 19.4. The Bertz CT molecular complexity index is 850. The first-order valence-electron chi connectivity index (χ1n) is 8.65. The van der Waals surface area contributed by atoms with Crippen molar-refractivity contribution in [2.24, 2.45) is 0 Å². The van der Waals surface area contributed by atoms with E-state index < -0.39 is 6.04 Å². The van der Waals surface area contributed by atoms with E-state index in [1.54, 1.807) is 36.4 Å². The minimum atomic E-state index is -0.854. The van der Waals surface area contributed by atoms with Crippen molar-refractivity contribution in [1.29, 1.82) is 0 Å². The number of piperazine rings is 1. The van der Waals surface area contributed by atoms with Gasteiger partial charge in [0, 0.05) is 29.4 Å². The van der Waals surface area contributed by atoms with Gasteiger partial charge in [0.2, 0.25) is 11.8 Å². The van der Waals surface area contributed by atoms with Crippen LogP contribution >= 0.6 is 11.6 Å². The molecule has 0 aromatic heterocycles. The minimum Gasteiger partial charge on any atom is -0.353 e. The maximum Gasteiger partial charge on any atom is 0.254 e. The van der Waals surface area contributed by atoms with E-state index in [2.05, 4.69) is 10.6 Å². The second kappa shape index (κ2) is 8.22. The quantitative estimate of drug-likeness (QED) is 0.849. The summed E-state index contributed by atoms with van der Waals surface area (Å²) < 4.78 is 0. The van der Waals surface area contributed by atoms with Crippen molar-refractivity contribution < 1.29 is 14.4 Å². The molecule has 2 aromatic rings. The summed E-state index contributed by atoms with van der Waals surface area (Å²) in [7, 11) is 0. The van der Waals surface area contributed by atoms with E-state index in [0.29, 0.717) is 29.4 Å². The summed E-state index contributed by atoms with van der Waals surface area (Å²) >= 11 is 5.87. The third-order valence-electron chi connectivity index (χ3n) is 4.40. The molecule has 3 amide bonds. The zero-order valence-electron chi connectivity index (χ0n) is 14.9. The fraction of sp³-hybridized carbons (Fsp3) is 0.250. The number of anilines is 1. The highest BCUT2D eigenvalue weighted by atomic mass is 35.5. The van der Waals surface area contributed by atoms with Crippen LogP contribution in [0.5, 0.6) is 0 Å². The molecule has 1 saturated heterocycles. The third kappa shape index (κ3) is 4.65. The fourth-order valence-corrected chi connectivity index (χ4v) is 3.07. The van der Waals surface area contributed by atoms with Gasteiger partial charge in [-0.2, -0.15) is 0 Å². The first-order chi connectivity index (χ1) is 12.9. The summed E-state index contributed by atoms with van der Waals surface area (Å²) in [4.78, 5) is 39.0. The fourth-order valence-electron chi connectivity index (χ4n) is 2.94. The van der Waals surface area contributed by atoms with E-state index in [1.165, 1.54) is 4.90 Å². The molecule has 2 aromatic carbocycles. The molecule has 0 bridgehead atoms. The van der Waals surface area contributed by atoms with Gasteiger partial charge in [-0.05, 0) is 43.3 Å². The Hall–Kier alpha value is -2.86. The van der Waals surface area contributed by atoms with E-state index in [0.717, 1.165) is 5.56 Å². The van der Waals surface area contributed by atoms with Crippen molar-refractivity contribution in [2.75, 3.05) is 18.4 Å². The highest BCUT2D eigenvalue weighted by molar-refractivity contribution is 6.30. The monoisotopic (exact) mass is 385 g/mol. The average Bonchev–Trinajstić information content (AvgIpc) is 2.65. The Morgan fingerprint density at radius 2 is 1.81 bits per heavy atom. The van der Waals surface area contributed by atoms with Crippen LogP contribution in [0.3, 0.4) is 0 Å². The number of rotatable bonds is 4. The highest BCUT2D eigenvalue weighted by Gasteiger charge is 2.35. The molecule has 0 radical (unpaired) electrons. The molecule has 1 aliphatic rings. The number of carbonyl (C=O) groups excluding carboxylic acids is 3. The molecule has 1 heterocycles. The normalized spacial score (nSPS) is 16.6. The molecule has 1 atom stereocenters. The van der Waals surface area contributed by atoms with Crippen LogP contribution in [0.2, 0.25) is 5.02 Å². The van der Waals surface area contributed by atoms with E-state index >= 15 is 0 Å². The Labute approximate surface area is 162 Å². The molecule has 2 N–H and O–H groups in total. The summed E-state index contributed by atoms with van der Waals surface area (Å²) in [5, 5.41) is 6.01. The second-order valence-corrected chi connectivity index (χ2v) is 6.87. The number of carbonyl (C=O) groups is 3. The third-order valence-corrected chi connectivity index (χ3v) is 4.65. The van der Waals surface area contributed by atoms with Crippen molar-refractivity contribution in [3.05, 3.63) is 64.7 Å². The number of hydrogen-bond acceptors (Lipinski definition) is 3. The lowest BCUT2D eigenvalue weighted by atomic mass is 10.1. The topological polar surface area (TPSA) is 78.5 Å². The SMILES string of the molecule is Cc1ccc(NC(=O)C[C@H]2C(=O)NCCN2C(=O)c2ccc(Cl)cc2)cc1. The lowest BCUT2D eigenvalue weighted by molar-refractivity contribution is -0.131. The molecule has 0 spiro atoms. The lowest BCUT2D eigenvalue weighted by Crippen LogP contribution is -2.58. The van der Waals surface area contributed by atoms with Crippen LogP contribution in [-0.4, -0.2) is 41.8 Å². The van der Waals surface area contributed by atoms with E-state index in [-0.39, 0.29) is 24.1 Å². The molecule has 0 saturated carbocycles. The molecule has 1 fully saturated rings. The first kappa shape index (κ1) is 18.9. The van der Waals surface area contributed by atoms with Crippen LogP contribution < -0.4 is 10.6 Å². The van der Waals surface area contributed by atoms with Crippen molar-refractivity contribution in [1.82, 2.24) is 10.2 Å². The van der Waals surface area contributed by atoms with Gasteiger partial charge in [-0.15, -0.1) is 0 Å². The number of nitrogens with one attached hydrogen (secondary N) is 2. The van der Waals surface area contributed by atoms with Gasteiger partial charge in [0.05, 0.1) is 6.42 Å². The molecular weight excluding hydrogens is 366 g/mol. The Morgan fingerprint density at radius 3 is 2.48 bits per heavy atom. The standard InChI is InChI=1S/C20H20ClN3O3/c1-13-2-8-16(9-3-13)23-18(25)12-17-19(26)22-10-11-24(17)20(27)14-4-6-15(21)7-5-14/h2-9,17H,10-12H2,1H3,(H,22,26)(H,23,25)/t17-/m0/s1. The van der Waals surface area contributed by atoms with Crippen molar-refractivity contribution in [3.8, 4) is 0 Å². The van der Waals surface area contributed by atoms with Crippen LogP contribution in [0.1, 0.15) is 22.3 Å². The molecule has 3 rings (SSSR count). The molecule has 1 aliphatic heterocycles. The summed E-state index contributed by atoms with van der Waals surface area (Å²) in [6.45, 7) is 2.65. The van der Waals surface area contributed by atoms with Gasteiger partial charge in [-0.25, -0.2) is 0 Å². The van der Waals surface area contributed by atoms with E-state index in [1.807, 2.05) is 19.1 Å². The van der Waals surface area contributed by atoms with E-state index in [4.69, 9.17) is 11.6 Å². The van der Waals surface area contributed by atoms with Crippen LogP contribution in [0.25, 0.3) is 0 Å². The van der Waals surface area contributed by atoms with E-state index in [9.17, 15) is 14.4 Å². The lowest BCUT2D eigenvalue weighted by Gasteiger charge is -2.34. The Kier molecular flexibility index (Phi) is 5.76. The van der Waals surface area contributed by atoms with Gasteiger partial charge in [-0.1, -0.05) is 29.3 Å². The summed E-state index contributed by atoms with van der Waals surface area (Å²) in [6.07, 6.45) is -0.112. The van der Waals surface area contributed by atoms with Crippen molar-refractivity contribution >= 4 is 35.0 Å². The Balaban J connectivity index is 1.72. The molecule has 6 nitrogen and oxygen atoms in total. The van der Waals surface area contributed by atoms with Gasteiger partial charge in [0.25, 0.3) is 5.91 Å². The number of hydrogen-bond donors (Lipinski definition) is 2. The van der Waals surface area contributed by atoms with Gasteiger partial charge in [-0.3, -0.25) is 14.4 Å². The predicted molar refractivity (Wildman–Crippen MR) is 104 cm³/mol. The maximum absolute atomic E-state index is 12.8. The van der Waals surface area contributed by atoms with Crippen molar-refractivity contribution in [3.63, 3.8) is 0 Å². The average molecular weight is 386 g/mol. The van der Waals surface area contributed by atoms with Crippen molar-refractivity contribution in [2.45, 2.75) is 19.4 Å². The predicted octanol–water partition coefficient (Wildman–Crippen LogP) is 2.62. The smallest absolute Gasteiger partial charge is 0.254 e. The van der Waals surface area contributed by atoms with Gasteiger partial charge < -0.3 is 15.5 Å². The number of amides is 3. The van der Waals surface area contributed by atoms with Gasteiger partial charge in [0.15, 0.2) is 0 Å². The van der Waals surface area contributed by atoms with Crippen LogP contribution in [0.4, 0.5) is 5.69 Å². The van der Waals surface area contributed by atoms with Crippen LogP contribution in [-0.2, 0) is 9.59 Å². The van der Waals surface area contributed by atoms with Gasteiger partial charge in [0.1, 0.15) is 6.04 Å². The largest absolute Gasteiger partial charge is 0.353 e. The highest BCUT2D eigenvalue weighted by Crippen LogP contribution is 2.17. The molecule has 0 unspecified atom stereocenters. The van der Waals surface area contributed by atoms with Gasteiger partial charge >= 0.3 is 0 Å². The summed E-state index contributed by atoms with van der Waals surface area (Å²) in [5.41, 5.74) is 2.16. The molecular formula is C20H20ClN3O3. The maximum atomic E-state index is 12.8.